The van der Waals surface area contributed by atoms with Crippen molar-refractivity contribution >= 4 is 11.8 Å². The molecule has 0 fully saturated rings. The van der Waals surface area contributed by atoms with Crippen LogP contribution in [0, 0.1) is 11.3 Å². The Bertz CT molecular complexity index is 833. The van der Waals surface area contributed by atoms with Gasteiger partial charge in [-0.05, 0) is 61.1 Å². The van der Waals surface area contributed by atoms with Crippen molar-refractivity contribution in [2.24, 2.45) is 0 Å². The molecule has 0 N–H and O–H groups in total. The maximum Gasteiger partial charge on any atom is 0.115 e. The number of hydrogen-bond acceptors (Lipinski definition) is 3. The summed E-state index contributed by atoms with van der Waals surface area (Å²) in [7, 11) is 0. The van der Waals surface area contributed by atoms with E-state index in [-0.39, 0.29) is 0 Å². The first kappa shape index (κ1) is 16.4. The fourth-order valence-electron chi connectivity index (χ4n) is 4.03. The van der Waals surface area contributed by atoms with Gasteiger partial charge in [-0.15, -0.1) is 11.8 Å². The second-order valence-electron chi connectivity index (χ2n) is 6.85. The highest BCUT2D eigenvalue weighted by Crippen LogP contribution is 2.41. The lowest BCUT2D eigenvalue weighted by Gasteiger charge is -2.23. The van der Waals surface area contributed by atoms with Gasteiger partial charge in [0.25, 0.3) is 0 Å². The Balaban J connectivity index is 1.71. The number of aryl methyl sites for hydroxylation is 1. The highest BCUT2D eigenvalue weighted by Gasteiger charge is 2.28. The van der Waals surface area contributed by atoms with E-state index >= 15 is 0 Å². The predicted octanol–water partition coefficient (Wildman–Crippen LogP) is 5.56. The van der Waals surface area contributed by atoms with Gasteiger partial charge in [0.05, 0.1) is 5.56 Å². The molecule has 1 aromatic carbocycles. The minimum absolute atomic E-state index is 0.491. The van der Waals surface area contributed by atoms with E-state index < -0.39 is 0 Å². The quantitative estimate of drug-likeness (QED) is 0.537. The van der Waals surface area contributed by atoms with E-state index in [0.29, 0.717) is 5.92 Å². The topological polar surface area (TPSA) is 36.7 Å². The number of nitrogens with zero attached hydrogens (tertiary/aromatic N) is 2. The Morgan fingerprint density at radius 3 is 2.80 bits per heavy atom. The zero-order chi connectivity index (χ0) is 17.1. The van der Waals surface area contributed by atoms with Crippen molar-refractivity contribution in [1.29, 1.82) is 5.26 Å². The van der Waals surface area contributed by atoms with E-state index in [1.54, 1.807) is 11.8 Å². The van der Waals surface area contributed by atoms with Gasteiger partial charge in [-0.2, -0.15) is 5.26 Å². The molecule has 25 heavy (non-hydrogen) atoms. The molecule has 126 valence electrons. The Morgan fingerprint density at radius 1 is 1.16 bits per heavy atom. The number of rotatable bonds is 4. The molecule has 2 aliphatic carbocycles. The predicted molar refractivity (Wildman–Crippen MR) is 103 cm³/mol. The van der Waals surface area contributed by atoms with Crippen LogP contribution in [0.3, 0.4) is 0 Å². The molecule has 0 aliphatic heterocycles. The van der Waals surface area contributed by atoms with Crippen LogP contribution >= 0.6 is 11.8 Å². The molecule has 4 rings (SSSR count). The molecule has 0 saturated heterocycles. The number of benzene rings is 1. The van der Waals surface area contributed by atoms with Gasteiger partial charge in [0.1, 0.15) is 11.1 Å². The molecule has 0 amide bonds. The van der Waals surface area contributed by atoms with Crippen molar-refractivity contribution in [2.45, 2.75) is 55.2 Å². The van der Waals surface area contributed by atoms with Crippen molar-refractivity contribution in [1.82, 2.24) is 4.98 Å². The number of aromatic nitrogens is 1. The van der Waals surface area contributed by atoms with Gasteiger partial charge in [-0.3, -0.25) is 0 Å². The molecule has 1 aromatic heterocycles. The molecule has 0 bridgehead atoms. The molecule has 2 aromatic rings. The zero-order valence-electron chi connectivity index (χ0n) is 14.4. The second kappa shape index (κ2) is 7.45. The van der Waals surface area contributed by atoms with Gasteiger partial charge >= 0.3 is 0 Å². The summed E-state index contributed by atoms with van der Waals surface area (Å²) < 4.78 is 0. The smallest absolute Gasteiger partial charge is 0.115 e. The summed E-state index contributed by atoms with van der Waals surface area (Å²) >= 11 is 1.72. The van der Waals surface area contributed by atoms with Gasteiger partial charge in [0, 0.05) is 11.4 Å². The third kappa shape index (κ3) is 3.37. The molecule has 1 unspecified atom stereocenters. The monoisotopic (exact) mass is 346 g/mol. The summed E-state index contributed by atoms with van der Waals surface area (Å²) in [5.74, 6) is 1.36. The number of pyridine rings is 1. The van der Waals surface area contributed by atoms with Crippen LogP contribution in [-0.2, 0) is 18.6 Å². The SMILES string of the molecule is N#Cc1c(SCc2ccccc2)nc2c(c1C1CC=CCC1)CCC2. The van der Waals surface area contributed by atoms with Crippen LogP contribution in [-0.4, -0.2) is 4.98 Å². The lowest BCUT2D eigenvalue weighted by atomic mass is 9.83. The molecule has 3 heteroatoms. The van der Waals surface area contributed by atoms with Crippen molar-refractivity contribution in [2.75, 3.05) is 0 Å². The number of allylic oxidation sites excluding steroid dienone is 2. The number of nitriles is 1. The Hall–Kier alpha value is -2.05. The highest BCUT2D eigenvalue weighted by molar-refractivity contribution is 7.98. The van der Waals surface area contributed by atoms with E-state index in [1.807, 2.05) is 6.07 Å². The first-order valence-electron chi connectivity index (χ1n) is 9.14. The largest absolute Gasteiger partial charge is 0.245 e. The van der Waals surface area contributed by atoms with Gasteiger partial charge in [0.2, 0.25) is 0 Å². The van der Waals surface area contributed by atoms with Crippen LogP contribution in [0.15, 0.2) is 47.5 Å². The molecule has 1 atom stereocenters. The fourth-order valence-corrected chi connectivity index (χ4v) is 5.00. The Kier molecular flexibility index (Phi) is 4.90. The van der Waals surface area contributed by atoms with Crippen LogP contribution in [0.1, 0.15) is 59.5 Å². The lowest BCUT2D eigenvalue weighted by molar-refractivity contribution is 0.607. The van der Waals surface area contributed by atoms with Crippen LogP contribution in [0.5, 0.6) is 0 Å². The van der Waals surface area contributed by atoms with E-state index in [9.17, 15) is 5.26 Å². The molecule has 0 saturated carbocycles. The summed E-state index contributed by atoms with van der Waals surface area (Å²) in [6.07, 6.45) is 11.2. The lowest BCUT2D eigenvalue weighted by Crippen LogP contribution is -2.10. The van der Waals surface area contributed by atoms with Crippen LogP contribution in [0.4, 0.5) is 0 Å². The van der Waals surface area contributed by atoms with Crippen molar-refractivity contribution in [3.05, 3.63) is 70.4 Å². The molecule has 0 radical (unpaired) electrons. The standard InChI is InChI=1S/C22H22N2S/c23-14-19-21(17-10-5-2-6-11-17)18-12-7-13-20(18)24-22(19)25-15-16-8-3-1-4-9-16/h1-5,8-9,17H,6-7,10-13,15H2. The molecule has 2 nitrogen and oxygen atoms in total. The van der Waals surface area contributed by atoms with Crippen LogP contribution in [0.25, 0.3) is 0 Å². The van der Waals surface area contributed by atoms with Crippen molar-refractivity contribution < 1.29 is 0 Å². The summed E-state index contributed by atoms with van der Waals surface area (Å²) in [4.78, 5) is 4.92. The van der Waals surface area contributed by atoms with E-state index in [2.05, 4.69) is 42.5 Å². The third-order valence-corrected chi connectivity index (χ3v) is 6.29. The summed E-state index contributed by atoms with van der Waals surface area (Å²) in [6, 6.07) is 13.0. The number of hydrogen-bond donors (Lipinski definition) is 0. The van der Waals surface area contributed by atoms with Crippen molar-refractivity contribution in [3.63, 3.8) is 0 Å². The average molecular weight is 346 g/mol. The second-order valence-corrected chi connectivity index (χ2v) is 7.82. The summed E-state index contributed by atoms with van der Waals surface area (Å²) in [5, 5.41) is 10.9. The third-order valence-electron chi connectivity index (χ3n) is 5.24. The van der Waals surface area contributed by atoms with Gasteiger partial charge < -0.3 is 0 Å². The zero-order valence-corrected chi connectivity index (χ0v) is 15.2. The first-order chi connectivity index (χ1) is 12.4. The minimum atomic E-state index is 0.491. The van der Waals surface area contributed by atoms with E-state index in [1.165, 1.54) is 28.8 Å². The van der Waals surface area contributed by atoms with Gasteiger partial charge in [-0.1, -0.05) is 42.5 Å². The van der Waals surface area contributed by atoms with Gasteiger partial charge in [-0.25, -0.2) is 4.98 Å². The molecule has 1 heterocycles. The van der Waals surface area contributed by atoms with Crippen LogP contribution < -0.4 is 0 Å². The minimum Gasteiger partial charge on any atom is -0.245 e. The van der Waals surface area contributed by atoms with E-state index in [0.717, 1.165) is 48.4 Å². The van der Waals surface area contributed by atoms with Crippen molar-refractivity contribution in [3.8, 4) is 6.07 Å². The summed E-state index contributed by atoms with van der Waals surface area (Å²) in [6.45, 7) is 0. The normalized spacial score (nSPS) is 18.8. The molecular weight excluding hydrogens is 324 g/mol. The molecule has 0 spiro atoms. The Morgan fingerprint density at radius 2 is 2.04 bits per heavy atom. The number of thioether (sulfide) groups is 1. The first-order valence-corrected chi connectivity index (χ1v) is 10.1. The maximum absolute atomic E-state index is 9.94. The highest BCUT2D eigenvalue weighted by atomic mass is 32.2. The molecule has 2 aliphatic rings. The fraction of sp³-hybridized carbons (Fsp3) is 0.364. The summed E-state index contributed by atoms with van der Waals surface area (Å²) in [5.41, 5.74) is 6.09. The van der Waals surface area contributed by atoms with Gasteiger partial charge in [0.15, 0.2) is 0 Å². The maximum atomic E-state index is 9.94. The van der Waals surface area contributed by atoms with E-state index in [4.69, 9.17) is 4.98 Å². The Labute approximate surface area is 154 Å². The average Bonchev–Trinajstić information content (AvgIpc) is 3.14. The number of fused-ring (bicyclic) bond motifs is 1. The van der Waals surface area contributed by atoms with Crippen LogP contribution in [0.2, 0.25) is 0 Å². The molecular formula is C22H22N2S.